The summed E-state index contributed by atoms with van der Waals surface area (Å²) in [6, 6.07) is 19.4. The van der Waals surface area contributed by atoms with Gasteiger partial charge in [0.05, 0.1) is 35.1 Å². The SMILES string of the molecule is CC(C)c1ccccc1OCCNC(=O)c1ccc(CN(c2cccc(Cl)c2Cl)S(C)(=O)=O)cc1. The number of ether oxygens (including phenoxy) is 1. The largest absolute Gasteiger partial charge is 0.491 e. The molecule has 3 aromatic carbocycles. The van der Waals surface area contributed by atoms with Gasteiger partial charge in [-0.15, -0.1) is 0 Å². The number of carbonyl (C=O) groups is 1. The molecule has 0 fully saturated rings. The Hall–Kier alpha value is -2.74. The second-order valence-electron chi connectivity index (χ2n) is 8.34. The Balaban J connectivity index is 1.61. The minimum Gasteiger partial charge on any atom is -0.491 e. The quantitative estimate of drug-likeness (QED) is 0.329. The van der Waals surface area contributed by atoms with Gasteiger partial charge in [-0.05, 0) is 47.4 Å². The number of halogens is 2. The van der Waals surface area contributed by atoms with Gasteiger partial charge in [0, 0.05) is 5.56 Å². The number of hydrogen-bond donors (Lipinski definition) is 1. The molecule has 35 heavy (non-hydrogen) atoms. The Morgan fingerprint density at radius 3 is 2.34 bits per heavy atom. The van der Waals surface area contributed by atoms with E-state index in [0.717, 1.165) is 17.6 Å². The van der Waals surface area contributed by atoms with Crippen molar-refractivity contribution in [3.8, 4) is 5.75 Å². The van der Waals surface area contributed by atoms with Gasteiger partial charge < -0.3 is 10.1 Å². The van der Waals surface area contributed by atoms with E-state index in [4.69, 9.17) is 27.9 Å². The zero-order valence-corrected chi connectivity index (χ0v) is 22.1. The van der Waals surface area contributed by atoms with Crippen molar-refractivity contribution in [1.29, 1.82) is 0 Å². The predicted molar refractivity (Wildman–Crippen MR) is 142 cm³/mol. The number of amides is 1. The van der Waals surface area contributed by atoms with Crippen molar-refractivity contribution in [2.75, 3.05) is 23.7 Å². The highest BCUT2D eigenvalue weighted by molar-refractivity contribution is 7.92. The van der Waals surface area contributed by atoms with Crippen LogP contribution in [0.25, 0.3) is 0 Å². The van der Waals surface area contributed by atoms with E-state index in [1.165, 1.54) is 4.31 Å². The molecular formula is C26H28Cl2N2O4S. The number of nitrogens with zero attached hydrogens (tertiary/aromatic N) is 1. The van der Waals surface area contributed by atoms with E-state index in [9.17, 15) is 13.2 Å². The summed E-state index contributed by atoms with van der Waals surface area (Å²) in [5.41, 5.74) is 2.57. The first-order valence-corrected chi connectivity index (χ1v) is 13.7. The van der Waals surface area contributed by atoms with Crippen LogP contribution in [0.3, 0.4) is 0 Å². The molecule has 186 valence electrons. The second kappa shape index (κ2) is 11.8. The molecule has 0 heterocycles. The molecule has 0 radical (unpaired) electrons. The summed E-state index contributed by atoms with van der Waals surface area (Å²) in [7, 11) is -3.63. The molecule has 6 nitrogen and oxygen atoms in total. The molecule has 0 aliphatic rings. The normalized spacial score (nSPS) is 11.4. The molecule has 0 aliphatic carbocycles. The van der Waals surface area contributed by atoms with Crippen LogP contribution in [0, 0.1) is 0 Å². The van der Waals surface area contributed by atoms with Gasteiger partial charge in [0.25, 0.3) is 5.91 Å². The number of para-hydroxylation sites is 1. The topological polar surface area (TPSA) is 75.7 Å². The number of carbonyl (C=O) groups excluding carboxylic acids is 1. The van der Waals surface area contributed by atoms with E-state index >= 15 is 0 Å². The monoisotopic (exact) mass is 534 g/mol. The van der Waals surface area contributed by atoms with E-state index in [2.05, 4.69) is 19.2 Å². The zero-order chi connectivity index (χ0) is 25.6. The molecule has 0 atom stereocenters. The van der Waals surface area contributed by atoms with Crippen LogP contribution >= 0.6 is 23.2 Å². The summed E-state index contributed by atoms with van der Waals surface area (Å²) >= 11 is 12.3. The van der Waals surface area contributed by atoms with Gasteiger partial charge in [0.15, 0.2) is 0 Å². The summed E-state index contributed by atoms with van der Waals surface area (Å²) in [6.45, 7) is 4.95. The average Bonchev–Trinajstić information content (AvgIpc) is 2.82. The van der Waals surface area contributed by atoms with E-state index in [-0.39, 0.29) is 22.5 Å². The van der Waals surface area contributed by atoms with Crippen LogP contribution in [-0.2, 0) is 16.6 Å². The average molecular weight is 535 g/mol. The van der Waals surface area contributed by atoms with Crippen LogP contribution in [0.2, 0.25) is 10.0 Å². The number of sulfonamides is 1. The lowest BCUT2D eigenvalue weighted by molar-refractivity contribution is 0.0947. The van der Waals surface area contributed by atoms with Crippen LogP contribution in [0.15, 0.2) is 66.7 Å². The Labute approximate surface area is 216 Å². The first-order valence-electron chi connectivity index (χ1n) is 11.1. The maximum atomic E-state index is 12.5. The molecule has 0 aromatic heterocycles. The van der Waals surface area contributed by atoms with Gasteiger partial charge in [-0.1, -0.05) is 73.4 Å². The van der Waals surface area contributed by atoms with Crippen molar-refractivity contribution in [3.05, 3.63) is 93.5 Å². The van der Waals surface area contributed by atoms with E-state index < -0.39 is 10.0 Å². The summed E-state index contributed by atoms with van der Waals surface area (Å²) in [6.07, 6.45) is 1.10. The van der Waals surface area contributed by atoms with Crippen molar-refractivity contribution in [1.82, 2.24) is 5.32 Å². The number of hydrogen-bond acceptors (Lipinski definition) is 4. The Morgan fingerprint density at radius 1 is 1.00 bits per heavy atom. The fraction of sp³-hybridized carbons (Fsp3) is 0.269. The summed E-state index contributed by atoms with van der Waals surface area (Å²) in [5, 5.41) is 3.27. The van der Waals surface area contributed by atoms with Crippen molar-refractivity contribution in [3.63, 3.8) is 0 Å². The number of nitrogens with one attached hydrogen (secondary N) is 1. The fourth-order valence-corrected chi connectivity index (χ4v) is 4.85. The molecule has 1 amide bonds. The molecule has 9 heteroatoms. The van der Waals surface area contributed by atoms with Crippen LogP contribution < -0.4 is 14.4 Å². The van der Waals surface area contributed by atoms with Crippen molar-refractivity contribution < 1.29 is 17.9 Å². The third kappa shape index (κ3) is 7.13. The molecule has 0 saturated heterocycles. The zero-order valence-electron chi connectivity index (χ0n) is 19.8. The fourth-order valence-electron chi connectivity index (χ4n) is 3.51. The predicted octanol–water partition coefficient (Wildman–Crippen LogP) is 5.89. The van der Waals surface area contributed by atoms with Gasteiger partial charge in [-0.3, -0.25) is 9.10 Å². The van der Waals surface area contributed by atoms with Gasteiger partial charge in [0.2, 0.25) is 10.0 Å². The smallest absolute Gasteiger partial charge is 0.251 e. The lowest BCUT2D eigenvalue weighted by atomic mass is 10.0. The number of benzene rings is 3. The third-order valence-electron chi connectivity index (χ3n) is 5.33. The molecule has 1 N–H and O–H groups in total. The minimum absolute atomic E-state index is 0.0455. The Bertz CT molecular complexity index is 1280. The molecular weight excluding hydrogens is 507 g/mol. The summed E-state index contributed by atoms with van der Waals surface area (Å²) in [4.78, 5) is 12.5. The lowest BCUT2D eigenvalue weighted by Gasteiger charge is -2.24. The molecule has 3 aromatic rings. The molecule has 3 rings (SSSR count). The molecule has 0 saturated carbocycles. The highest BCUT2D eigenvalue weighted by Crippen LogP contribution is 2.34. The van der Waals surface area contributed by atoms with Crippen LogP contribution in [0.1, 0.15) is 41.3 Å². The summed E-state index contributed by atoms with van der Waals surface area (Å²) < 4.78 is 31.9. The highest BCUT2D eigenvalue weighted by atomic mass is 35.5. The van der Waals surface area contributed by atoms with E-state index in [1.54, 1.807) is 42.5 Å². The number of rotatable bonds is 10. The Kier molecular flexibility index (Phi) is 9.05. The first kappa shape index (κ1) is 26.9. The van der Waals surface area contributed by atoms with Crippen molar-refractivity contribution >= 4 is 44.8 Å². The van der Waals surface area contributed by atoms with Crippen molar-refractivity contribution in [2.45, 2.75) is 26.3 Å². The molecule has 0 aliphatic heterocycles. The van der Waals surface area contributed by atoms with Gasteiger partial charge in [0.1, 0.15) is 12.4 Å². The number of anilines is 1. The van der Waals surface area contributed by atoms with E-state index in [0.29, 0.717) is 35.9 Å². The van der Waals surface area contributed by atoms with E-state index in [1.807, 2.05) is 24.3 Å². The van der Waals surface area contributed by atoms with Gasteiger partial charge >= 0.3 is 0 Å². The highest BCUT2D eigenvalue weighted by Gasteiger charge is 2.21. The maximum Gasteiger partial charge on any atom is 0.251 e. The lowest BCUT2D eigenvalue weighted by Crippen LogP contribution is -2.30. The van der Waals surface area contributed by atoms with Crippen LogP contribution in [-0.4, -0.2) is 33.7 Å². The standard InChI is InChI=1S/C26H28Cl2N2O4S/c1-18(2)21-7-4-5-10-24(21)34-16-15-29-26(31)20-13-11-19(12-14-20)17-30(35(3,32)33)23-9-6-8-22(27)25(23)28/h4-14,18H,15-17H2,1-3H3,(H,29,31). The summed E-state index contributed by atoms with van der Waals surface area (Å²) in [5.74, 6) is 0.916. The van der Waals surface area contributed by atoms with Crippen molar-refractivity contribution in [2.24, 2.45) is 0 Å². The molecule has 0 spiro atoms. The molecule has 0 bridgehead atoms. The molecule has 0 unspecified atom stereocenters. The van der Waals surface area contributed by atoms with Gasteiger partial charge in [-0.25, -0.2) is 8.42 Å². The second-order valence-corrected chi connectivity index (χ2v) is 11.0. The van der Waals surface area contributed by atoms with Gasteiger partial charge in [-0.2, -0.15) is 0 Å². The maximum absolute atomic E-state index is 12.5. The first-order chi connectivity index (χ1) is 16.6. The van der Waals surface area contributed by atoms with Crippen LogP contribution in [0.4, 0.5) is 5.69 Å². The third-order valence-corrected chi connectivity index (χ3v) is 7.26. The minimum atomic E-state index is -3.63. The Morgan fingerprint density at radius 2 is 1.69 bits per heavy atom. The van der Waals surface area contributed by atoms with Crippen LogP contribution in [0.5, 0.6) is 5.75 Å².